The Kier molecular flexibility index (Phi) is 4.69. The summed E-state index contributed by atoms with van der Waals surface area (Å²) >= 11 is 0. The van der Waals surface area contributed by atoms with Crippen molar-refractivity contribution >= 4 is 0 Å². The Bertz CT molecular complexity index is 446. The number of alkyl halides is 3. The third-order valence-electron chi connectivity index (χ3n) is 3.24. The van der Waals surface area contributed by atoms with E-state index < -0.39 is 12.2 Å². The number of piperidine rings is 1. The molecule has 1 aromatic rings. The van der Waals surface area contributed by atoms with E-state index in [1.807, 2.05) is 0 Å². The lowest BCUT2D eigenvalue weighted by Gasteiger charge is -2.27. The molecule has 0 saturated carbocycles. The molecule has 0 amide bonds. The Morgan fingerprint density at radius 2 is 1.95 bits per heavy atom. The van der Waals surface area contributed by atoms with E-state index in [0.29, 0.717) is 17.9 Å². The number of rotatable bonds is 4. The number of hydrogen-bond acceptors (Lipinski definition) is 4. The van der Waals surface area contributed by atoms with Crippen LogP contribution < -0.4 is 9.47 Å². The molecule has 0 radical (unpaired) electrons. The van der Waals surface area contributed by atoms with Gasteiger partial charge in [0, 0.05) is 12.7 Å². The SMILES string of the molecule is COc1ccnc(OC(F)(F)F)c1CN1CCCCC1. The van der Waals surface area contributed by atoms with Gasteiger partial charge in [0.05, 0.1) is 12.7 Å². The first-order chi connectivity index (χ1) is 9.49. The highest BCUT2D eigenvalue weighted by Crippen LogP contribution is 2.32. The van der Waals surface area contributed by atoms with Crippen LogP contribution >= 0.6 is 0 Å². The Balaban J connectivity index is 2.22. The molecule has 0 N–H and O–H groups in total. The van der Waals surface area contributed by atoms with E-state index in [0.717, 1.165) is 32.4 Å². The molecule has 1 saturated heterocycles. The normalized spacial score (nSPS) is 17.0. The average molecular weight is 290 g/mol. The van der Waals surface area contributed by atoms with E-state index in [9.17, 15) is 13.2 Å². The monoisotopic (exact) mass is 290 g/mol. The van der Waals surface area contributed by atoms with Crippen LogP contribution in [0.1, 0.15) is 24.8 Å². The number of nitrogens with zero attached hydrogens (tertiary/aromatic N) is 2. The van der Waals surface area contributed by atoms with Crippen LogP contribution in [0.4, 0.5) is 13.2 Å². The fourth-order valence-electron chi connectivity index (χ4n) is 2.33. The maximum atomic E-state index is 12.4. The quantitative estimate of drug-likeness (QED) is 0.854. The molecule has 20 heavy (non-hydrogen) atoms. The van der Waals surface area contributed by atoms with E-state index in [2.05, 4.69) is 14.6 Å². The van der Waals surface area contributed by atoms with E-state index in [1.165, 1.54) is 13.3 Å². The van der Waals surface area contributed by atoms with E-state index in [1.54, 1.807) is 6.07 Å². The number of halogens is 3. The minimum atomic E-state index is -4.75. The number of pyridine rings is 1. The first kappa shape index (κ1) is 14.9. The van der Waals surface area contributed by atoms with Crippen LogP contribution in [0.5, 0.6) is 11.6 Å². The summed E-state index contributed by atoms with van der Waals surface area (Å²) < 4.78 is 46.4. The second-order valence-corrected chi connectivity index (χ2v) is 4.68. The summed E-state index contributed by atoms with van der Waals surface area (Å²) in [5, 5.41) is 0. The Morgan fingerprint density at radius 3 is 2.55 bits per heavy atom. The molecule has 0 spiro atoms. The van der Waals surface area contributed by atoms with Crippen LogP contribution in [-0.4, -0.2) is 36.4 Å². The standard InChI is InChI=1S/C13H17F3N2O2/c1-19-11-5-6-17-12(20-13(14,15)16)10(11)9-18-7-3-2-4-8-18/h5-6H,2-4,7-9H2,1H3. The predicted octanol–water partition coefficient (Wildman–Crippen LogP) is 2.97. The van der Waals surface area contributed by atoms with Crippen molar-refractivity contribution < 1.29 is 22.6 Å². The van der Waals surface area contributed by atoms with Crippen LogP contribution in [0.2, 0.25) is 0 Å². The zero-order valence-electron chi connectivity index (χ0n) is 11.2. The van der Waals surface area contributed by atoms with Crippen molar-refractivity contribution in [2.24, 2.45) is 0 Å². The van der Waals surface area contributed by atoms with Gasteiger partial charge in [0.1, 0.15) is 5.75 Å². The van der Waals surface area contributed by atoms with Gasteiger partial charge in [0.2, 0.25) is 5.88 Å². The van der Waals surface area contributed by atoms with Crippen LogP contribution in [0, 0.1) is 0 Å². The van der Waals surface area contributed by atoms with E-state index in [-0.39, 0.29) is 0 Å². The van der Waals surface area contributed by atoms with Gasteiger partial charge in [0.25, 0.3) is 0 Å². The molecule has 0 aromatic carbocycles. The molecule has 1 fully saturated rings. The summed E-state index contributed by atoms with van der Waals surface area (Å²) in [4.78, 5) is 5.78. The average Bonchev–Trinajstić information content (AvgIpc) is 2.40. The van der Waals surface area contributed by atoms with Crippen LogP contribution in [0.15, 0.2) is 12.3 Å². The zero-order chi connectivity index (χ0) is 14.6. The van der Waals surface area contributed by atoms with Gasteiger partial charge >= 0.3 is 6.36 Å². The zero-order valence-corrected chi connectivity index (χ0v) is 11.2. The molecule has 1 aliphatic heterocycles. The number of likely N-dealkylation sites (tertiary alicyclic amines) is 1. The summed E-state index contributed by atoms with van der Waals surface area (Å²) in [5.74, 6) is -0.0627. The van der Waals surface area contributed by atoms with Gasteiger partial charge in [0.15, 0.2) is 0 Å². The molecule has 1 aromatic heterocycles. The van der Waals surface area contributed by atoms with Gasteiger partial charge in [-0.3, -0.25) is 4.90 Å². The molecule has 7 heteroatoms. The third-order valence-corrected chi connectivity index (χ3v) is 3.24. The topological polar surface area (TPSA) is 34.6 Å². The summed E-state index contributed by atoms with van der Waals surface area (Å²) in [6, 6.07) is 1.54. The molecule has 4 nitrogen and oxygen atoms in total. The van der Waals surface area contributed by atoms with Gasteiger partial charge in [-0.05, 0) is 32.0 Å². The molecule has 2 heterocycles. The summed E-state index contributed by atoms with van der Waals surface area (Å²) in [6.45, 7) is 2.08. The van der Waals surface area contributed by atoms with Gasteiger partial charge in [-0.1, -0.05) is 6.42 Å². The fraction of sp³-hybridized carbons (Fsp3) is 0.615. The van der Waals surface area contributed by atoms with Crippen molar-refractivity contribution in [3.05, 3.63) is 17.8 Å². The van der Waals surface area contributed by atoms with Crippen molar-refractivity contribution in [3.8, 4) is 11.6 Å². The molecule has 2 rings (SSSR count). The maximum absolute atomic E-state index is 12.4. The van der Waals surface area contributed by atoms with Crippen molar-refractivity contribution in [3.63, 3.8) is 0 Å². The third kappa shape index (κ3) is 4.00. The minimum Gasteiger partial charge on any atom is -0.496 e. The van der Waals surface area contributed by atoms with Crippen molar-refractivity contribution in [2.75, 3.05) is 20.2 Å². The van der Waals surface area contributed by atoms with Crippen molar-refractivity contribution in [1.29, 1.82) is 0 Å². The van der Waals surface area contributed by atoms with Crippen LogP contribution in [-0.2, 0) is 6.54 Å². The second-order valence-electron chi connectivity index (χ2n) is 4.68. The second kappa shape index (κ2) is 6.30. The summed E-state index contributed by atoms with van der Waals surface area (Å²) in [5.41, 5.74) is 0.342. The van der Waals surface area contributed by atoms with E-state index >= 15 is 0 Å². The maximum Gasteiger partial charge on any atom is 0.574 e. The molecular weight excluding hydrogens is 273 g/mol. The molecular formula is C13H17F3N2O2. The first-order valence-electron chi connectivity index (χ1n) is 6.49. The van der Waals surface area contributed by atoms with Gasteiger partial charge in [-0.25, -0.2) is 4.98 Å². The molecule has 0 unspecified atom stereocenters. The van der Waals surface area contributed by atoms with Gasteiger partial charge in [-0.15, -0.1) is 13.2 Å². The Hall–Kier alpha value is -1.50. The van der Waals surface area contributed by atoms with Crippen molar-refractivity contribution in [1.82, 2.24) is 9.88 Å². The van der Waals surface area contributed by atoms with Crippen LogP contribution in [0.25, 0.3) is 0 Å². The largest absolute Gasteiger partial charge is 0.574 e. The van der Waals surface area contributed by atoms with Gasteiger partial charge < -0.3 is 9.47 Å². The molecule has 112 valence electrons. The van der Waals surface area contributed by atoms with E-state index in [4.69, 9.17) is 4.74 Å². The van der Waals surface area contributed by atoms with Crippen LogP contribution in [0.3, 0.4) is 0 Å². The lowest BCUT2D eigenvalue weighted by Crippen LogP contribution is -2.30. The predicted molar refractivity (Wildman–Crippen MR) is 66.6 cm³/mol. The molecule has 0 bridgehead atoms. The highest BCUT2D eigenvalue weighted by atomic mass is 19.4. The summed E-state index contributed by atoms with van der Waals surface area (Å²) in [6.07, 6.45) is -0.238. The number of hydrogen-bond donors (Lipinski definition) is 0. The smallest absolute Gasteiger partial charge is 0.496 e. The van der Waals surface area contributed by atoms with Crippen molar-refractivity contribution in [2.45, 2.75) is 32.2 Å². The number of aromatic nitrogens is 1. The molecule has 0 aliphatic carbocycles. The lowest BCUT2D eigenvalue weighted by molar-refractivity contribution is -0.276. The number of ether oxygens (including phenoxy) is 2. The summed E-state index contributed by atoms with van der Waals surface area (Å²) in [7, 11) is 1.42. The Morgan fingerprint density at radius 1 is 1.25 bits per heavy atom. The highest BCUT2D eigenvalue weighted by molar-refractivity contribution is 5.39. The van der Waals surface area contributed by atoms with Gasteiger partial charge in [-0.2, -0.15) is 0 Å². The fourth-order valence-corrected chi connectivity index (χ4v) is 2.33. The first-order valence-corrected chi connectivity index (χ1v) is 6.49. The lowest BCUT2D eigenvalue weighted by atomic mass is 10.1. The highest BCUT2D eigenvalue weighted by Gasteiger charge is 2.33. The molecule has 1 aliphatic rings. The molecule has 0 atom stereocenters. The number of methoxy groups -OCH3 is 1. The Labute approximate surface area is 115 Å². The minimum absolute atomic E-state index is 0.342.